The number of hydrogen-bond acceptors (Lipinski definition) is 5. The number of benzene rings is 1. The third kappa shape index (κ3) is 2.69. The van der Waals surface area contributed by atoms with Gasteiger partial charge in [-0.1, -0.05) is 18.2 Å². The van der Waals surface area contributed by atoms with Gasteiger partial charge in [-0.15, -0.1) is 0 Å². The summed E-state index contributed by atoms with van der Waals surface area (Å²) in [5.74, 6) is 0.287. The molecule has 0 bridgehead atoms. The third-order valence-corrected chi connectivity index (χ3v) is 4.25. The predicted octanol–water partition coefficient (Wildman–Crippen LogP) is 1.67. The lowest BCUT2D eigenvalue weighted by Gasteiger charge is -2.17. The first-order chi connectivity index (χ1) is 12.1. The van der Waals surface area contributed by atoms with Gasteiger partial charge in [-0.2, -0.15) is 5.10 Å². The van der Waals surface area contributed by atoms with Crippen LogP contribution in [0, 0.1) is 0 Å². The van der Waals surface area contributed by atoms with Gasteiger partial charge in [-0.3, -0.25) is 9.59 Å². The van der Waals surface area contributed by atoms with Crippen LogP contribution >= 0.6 is 0 Å². The summed E-state index contributed by atoms with van der Waals surface area (Å²) in [5, 5.41) is 4.23. The summed E-state index contributed by atoms with van der Waals surface area (Å²) >= 11 is 0. The van der Waals surface area contributed by atoms with Gasteiger partial charge in [0.25, 0.3) is 5.56 Å². The third-order valence-electron chi connectivity index (χ3n) is 4.25. The Labute approximate surface area is 143 Å². The van der Waals surface area contributed by atoms with Crippen molar-refractivity contribution in [2.24, 2.45) is 0 Å². The number of rotatable bonds is 3. The van der Waals surface area contributed by atoms with E-state index in [0.717, 1.165) is 22.4 Å². The van der Waals surface area contributed by atoms with Gasteiger partial charge >= 0.3 is 0 Å². The minimum Gasteiger partial charge on any atom is -0.463 e. The second kappa shape index (κ2) is 5.94. The molecule has 0 unspecified atom stereocenters. The molecule has 3 aromatic rings. The highest BCUT2D eigenvalue weighted by Crippen LogP contribution is 2.27. The quantitative estimate of drug-likeness (QED) is 0.785. The van der Waals surface area contributed by atoms with E-state index in [9.17, 15) is 9.59 Å². The van der Waals surface area contributed by atoms with Gasteiger partial charge in [0.1, 0.15) is 17.9 Å². The van der Waals surface area contributed by atoms with Crippen molar-refractivity contribution in [3.63, 3.8) is 0 Å². The Balaban J connectivity index is 1.65. The van der Waals surface area contributed by atoms with E-state index in [1.807, 2.05) is 24.3 Å². The zero-order valence-corrected chi connectivity index (χ0v) is 13.4. The topological polar surface area (TPSA) is 94.4 Å². The molecular weight excluding hydrogens is 320 g/mol. The molecule has 4 rings (SSSR count). The standard InChI is InChI=1S/C18H16N4O3/c19-13-10-14(16-6-3-9-25-16)20-22(18(13)24)11-17(23)21-8-7-12-4-1-2-5-15(12)21/h1-6,9-10H,7-8,11,19H2. The molecule has 2 aromatic heterocycles. The van der Waals surface area contributed by atoms with Crippen LogP contribution in [0.1, 0.15) is 5.56 Å². The number of amides is 1. The van der Waals surface area contributed by atoms with E-state index in [1.54, 1.807) is 17.0 Å². The smallest absolute Gasteiger partial charge is 0.290 e. The molecular formula is C18H16N4O3. The second-order valence-corrected chi connectivity index (χ2v) is 5.85. The van der Waals surface area contributed by atoms with Gasteiger partial charge in [-0.05, 0) is 36.2 Å². The molecule has 0 spiro atoms. The summed E-state index contributed by atoms with van der Waals surface area (Å²) in [6.07, 6.45) is 2.31. The lowest BCUT2D eigenvalue weighted by atomic mass is 10.2. The fourth-order valence-corrected chi connectivity index (χ4v) is 3.03. The van der Waals surface area contributed by atoms with Crippen LogP contribution in [0.15, 0.2) is 57.9 Å². The molecule has 3 heterocycles. The summed E-state index contributed by atoms with van der Waals surface area (Å²) in [6, 6.07) is 12.6. The van der Waals surface area contributed by atoms with Crippen LogP contribution in [0.25, 0.3) is 11.5 Å². The lowest BCUT2D eigenvalue weighted by molar-refractivity contribution is -0.119. The van der Waals surface area contributed by atoms with Crippen molar-refractivity contribution in [2.75, 3.05) is 17.2 Å². The van der Waals surface area contributed by atoms with E-state index in [0.29, 0.717) is 18.0 Å². The van der Waals surface area contributed by atoms with E-state index in [-0.39, 0.29) is 18.1 Å². The molecule has 7 heteroatoms. The molecule has 0 saturated carbocycles. The first-order valence-corrected chi connectivity index (χ1v) is 7.93. The van der Waals surface area contributed by atoms with Crippen LogP contribution in [0.4, 0.5) is 11.4 Å². The number of hydrogen-bond donors (Lipinski definition) is 1. The average Bonchev–Trinajstić information content (AvgIpc) is 3.28. The van der Waals surface area contributed by atoms with Crippen LogP contribution in [0.5, 0.6) is 0 Å². The maximum absolute atomic E-state index is 12.7. The zero-order valence-electron chi connectivity index (χ0n) is 13.4. The van der Waals surface area contributed by atoms with E-state index in [2.05, 4.69) is 5.10 Å². The molecule has 1 aliphatic rings. The molecule has 0 aliphatic carbocycles. The monoisotopic (exact) mass is 336 g/mol. The number of nitrogens with zero attached hydrogens (tertiary/aromatic N) is 3. The first-order valence-electron chi connectivity index (χ1n) is 7.93. The molecule has 0 saturated heterocycles. The van der Waals surface area contributed by atoms with E-state index < -0.39 is 5.56 Å². The van der Waals surface area contributed by atoms with Crippen LogP contribution < -0.4 is 16.2 Å². The Bertz CT molecular complexity index is 992. The molecule has 1 aliphatic heterocycles. The number of aromatic nitrogens is 2. The fourth-order valence-electron chi connectivity index (χ4n) is 3.03. The fraction of sp³-hybridized carbons (Fsp3) is 0.167. The number of para-hydroxylation sites is 1. The Morgan fingerprint density at radius 1 is 1.24 bits per heavy atom. The maximum atomic E-state index is 12.7. The molecule has 1 aromatic carbocycles. The molecule has 1 amide bonds. The minimum atomic E-state index is -0.490. The van der Waals surface area contributed by atoms with Crippen LogP contribution in [-0.4, -0.2) is 22.2 Å². The number of carbonyl (C=O) groups excluding carboxylic acids is 1. The Morgan fingerprint density at radius 2 is 2.08 bits per heavy atom. The zero-order chi connectivity index (χ0) is 17.4. The SMILES string of the molecule is Nc1cc(-c2ccco2)nn(CC(=O)N2CCc3ccccc32)c1=O. The first kappa shape index (κ1) is 15.2. The highest BCUT2D eigenvalue weighted by atomic mass is 16.3. The average molecular weight is 336 g/mol. The Morgan fingerprint density at radius 3 is 2.88 bits per heavy atom. The van der Waals surface area contributed by atoms with Crippen molar-refractivity contribution >= 4 is 17.3 Å². The molecule has 0 fully saturated rings. The Kier molecular flexibility index (Phi) is 3.61. The number of fused-ring (bicyclic) bond motifs is 1. The Hall–Kier alpha value is -3.35. The summed E-state index contributed by atoms with van der Waals surface area (Å²) in [6.45, 7) is 0.423. The van der Waals surface area contributed by atoms with Gasteiger partial charge < -0.3 is 15.1 Å². The molecule has 126 valence electrons. The van der Waals surface area contributed by atoms with E-state index in [4.69, 9.17) is 10.2 Å². The van der Waals surface area contributed by atoms with Crippen molar-refractivity contribution in [2.45, 2.75) is 13.0 Å². The van der Waals surface area contributed by atoms with Gasteiger partial charge in [0.2, 0.25) is 5.91 Å². The predicted molar refractivity (Wildman–Crippen MR) is 93.1 cm³/mol. The molecule has 25 heavy (non-hydrogen) atoms. The summed E-state index contributed by atoms with van der Waals surface area (Å²) in [5.41, 5.74) is 7.75. The largest absolute Gasteiger partial charge is 0.463 e. The van der Waals surface area contributed by atoms with Crippen LogP contribution in [-0.2, 0) is 17.8 Å². The maximum Gasteiger partial charge on any atom is 0.290 e. The molecule has 2 N–H and O–H groups in total. The normalized spacial score (nSPS) is 13.0. The number of nitrogen functional groups attached to an aromatic ring is 1. The van der Waals surface area contributed by atoms with E-state index in [1.165, 1.54) is 12.3 Å². The van der Waals surface area contributed by atoms with E-state index >= 15 is 0 Å². The number of furan rings is 1. The highest BCUT2D eigenvalue weighted by Gasteiger charge is 2.25. The van der Waals surface area contributed by atoms with Gasteiger partial charge in [-0.25, -0.2) is 4.68 Å². The molecule has 0 atom stereocenters. The lowest BCUT2D eigenvalue weighted by Crippen LogP contribution is -2.37. The summed E-state index contributed by atoms with van der Waals surface area (Å²) < 4.78 is 6.39. The van der Waals surface area contributed by atoms with Crippen LogP contribution in [0.3, 0.4) is 0 Å². The second-order valence-electron chi connectivity index (χ2n) is 5.85. The summed E-state index contributed by atoms with van der Waals surface area (Å²) in [7, 11) is 0. The minimum absolute atomic E-state index is 0.0241. The number of anilines is 2. The van der Waals surface area contributed by atoms with Crippen molar-refractivity contribution in [3.05, 3.63) is 64.6 Å². The highest BCUT2D eigenvalue weighted by molar-refractivity contribution is 5.95. The van der Waals surface area contributed by atoms with Crippen LogP contribution in [0.2, 0.25) is 0 Å². The number of nitrogens with two attached hydrogens (primary N) is 1. The molecule has 0 radical (unpaired) electrons. The van der Waals surface area contributed by atoms with Crippen molar-refractivity contribution in [1.29, 1.82) is 0 Å². The molecule has 7 nitrogen and oxygen atoms in total. The number of carbonyl (C=O) groups is 1. The van der Waals surface area contributed by atoms with Crippen molar-refractivity contribution in [1.82, 2.24) is 9.78 Å². The van der Waals surface area contributed by atoms with Gasteiger partial charge in [0, 0.05) is 12.2 Å². The van der Waals surface area contributed by atoms with Gasteiger partial charge in [0.05, 0.1) is 6.26 Å². The van der Waals surface area contributed by atoms with Gasteiger partial charge in [0.15, 0.2) is 5.76 Å². The van der Waals surface area contributed by atoms with Crippen molar-refractivity contribution < 1.29 is 9.21 Å². The summed E-state index contributed by atoms with van der Waals surface area (Å²) in [4.78, 5) is 26.6. The van der Waals surface area contributed by atoms with Crippen molar-refractivity contribution in [3.8, 4) is 11.5 Å².